The number of nitrogens with one attached hydrogen (secondary N) is 1. The number of carbonyl (C=O) groups is 1. The van der Waals surface area contributed by atoms with Gasteiger partial charge in [-0.15, -0.1) is 0 Å². The predicted octanol–water partition coefficient (Wildman–Crippen LogP) is 3.61. The molecule has 2 N–H and O–H groups in total. The lowest BCUT2D eigenvalue weighted by Crippen LogP contribution is -2.41. The molecule has 0 aliphatic rings. The zero-order chi connectivity index (χ0) is 17.0. The van der Waals surface area contributed by atoms with E-state index in [1.165, 1.54) is 12.1 Å². The molecule has 1 atom stereocenters. The number of aliphatic hydroxyl groups is 1. The van der Waals surface area contributed by atoms with Crippen LogP contribution in [0.3, 0.4) is 0 Å². The quantitative estimate of drug-likeness (QED) is 0.877. The minimum absolute atomic E-state index is 0.0291. The van der Waals surface area contributed by atoms with Gasteiger partial charge in [0, 0.05) is 17.1 Å². The van der Waals surface area contributed by atoms with Gasteiger partial charge in [-0.05, 0) is 37.6 Å². The average molecular weight is 336 g/mol. The van der Waals surface area contributed by atoms with Crippen LogP contribution in [0.1, 0.15) is 31.1 Å². The van der Waals surface area contributed by atoms with Crippen molar-refractivity contribution in [1.29, 1.82) is 0 Å². The SMILES string of the molecule is CC(C)(C(=O)NCC(O)c1ccccc1Cl)c1cccc(F)c1. The molecule has 0 aliphatic heterocycles. The van der Waals surface area contributed by atoms with Crippen LogP contribution in [0.25, 0.3) is 0 Å². The molecule has 122 valence electrons. The molecule has 2 rings (SSSR count). The van der Waals surface area contributed by atoms with Crippen LogP contribution in [-0.2, 0) is 10.2 Å². The number of hydrogen-bond acceptors (Lipinski definition) is 2. The summed E-state index contributed by atoms with van der Waals surface area (Å²) in [6.07, 6.45) is -0.907. The molecule has 1 unspecified atom stereocenters. The highest BCUT2D eigenvalue weighted by atomic mass is 35.5. The first-order valence-electron chi connectivity index (χ1n) is 7.29. The van der Waals surface area contributed by atoms with E-state index in [0.29, 0.717) is 16.1 Å². The first kappa shape index (κ1) is 17.4. The topological polar surface area (TPSA) is 49.3 Å². The fourth-order valence-electron chi connectivity index (χ4n) is 2.27. The van der Waals surface area contributed by atoms with Crippen LogP contribution in [0.15, 0.2) is 48.5 Å². The van der Waals surface area contributed by atoms with Crippen LogP contribution < -0.4 is 5.32 Å². The van der Waals surface area contributed by atoms with Crippen LogP contribution >= 0.6 is 11.6 Å². The lowest BCUT2D eigenvalue weighted by atomic mass is 9.83. The van der Waals surface area contributed by atoms with Crippen molar-refractivity contribution < 1.29 is 14.3 Å². The van der Waals surface area contributed by atoms with E-state index in [-0.39, 0.29) is 18.3 Å². The van der Waals surface area contributed by atoms with Gasteiger partial charge in [-0.25, -0.2) is 4.39 Å². The molecule has 23 heavy (non-hydrogen) atoms. The van der Waals surface area contributed by atoms with Crippen LogP contribution in [0.2, 0.25) is 5.02 Å². The molecule has 0 saturated heterocycles. The summed E-state index contributed by atoms with van der Waals surface area (Å²) >= 11 is 6.02. The summed E-state index contributed by atoms with van der Waals surface area (Å²) in [5.74, 6) is -0.686. The van der Waals surface area contributed by atoms with E-state index in [9.17, 15) is 14.3 Å². The van der Waals surface area contributed by atoms with Crippen molar-refractivity contribution >= 4 is 17.5 Å². The summed E-state index contributed by atoms with van der Waals surface area (Å²) < 4.78 is 13.4. The maximum Gasteiger partial charge on any atom is 0.230 e. The second kappa shape index (κ2) is 7.11. The number of halogens is 2. The van der Waals surface area contributed by atoms with Gasteiger partial charge in [0.05, 0.1) is 11.5 Å². The highest BCUT2D eigenvalue weighted by Crippen LogP contribution is 2.25. The van der Waals surface area contributed by atoms with Crippen molar-refractivity contribution in [3.05, 3.63) is 70.5 Å². The van der Waals surface area contributed by atoms with Crippen molar-refractivity contribution in [3.8, 4) is 0 Å². The van der Waals surface area contributed by atoms with Gasteiger partial charge in [0.25, 0.3) is 0 Å². The summed E-state index contributed by atoms with van der Waals surface area (Å²) in [6, 6.07) is 12.9. The Kier molecular flexibility index (Phi) is 5.39. The molecule has 0 aromatic heterocycles. The molecule has 2 aromatic carbocycles. The highest BCUT2D eigenvalue weighted by molar-refractivity contribution is 6.31. The third-order valence-electron chi connectivity index (χ3n) is 3.83. The van der Waals surface area contributed by atoms with E-state index in [0.717, 1.165) is 0 Å². The van der Waals surface area contributed by atoms with E-state index in [2.05, 4.69) is 5.32 Å². The molecule has 0 fully saturated rings. The molecule has 0 heterocycles. The minimum Gasteiger partial charge on any atom is -0.387 e. The van der Waals surface area contributed by atoms with Crippen LogP contribution in [-0.4, -0.2) is 17.6 Å². The summed E-state index contributed by atoms with van der Waals surface area (Å²) in [7, 11) is 0. The van der Waals surface area contributed by atoms with Crippen LogP contribution in [0, 0.1) is 5.82 Å². The van der Waals surface area contributed by atoms with Crippen molar-refractivity contribution in [2.45, 2.75) is 25.4 Å². The molecular formula is C18H19ClFNO2. The Morgan fingerprint density at radius 2 is 1.96 bits per heavy atom. The van der Waals surface area contributed by atoms with Gasteiger partial charge in [-0.3, -0.25) is 4.79 Å². The molecule has 1 amide bonds. The van der Waals surface area contributed by atoms with Crippen LogP contribution in [0.4, 0.5) is 4.39 Å². The van der Waals surface area contributed by atoms with E-state index in [4.69, 9.17) is 11.6 Å². The first-order valence-corrected chi connectivity index (χ1v) is 7.67. The highest BCUT2D eigenvalue weighted by Gasteiger charge is 2.30. The first-order chi connectivity index (χ1) is 10.8. The van der Waals surface area contributed by atoms with Crippen molar-refractivity contribution in [1.82, 2.24) is 5.32 Å². The Bertz CT molecular complexity index is 703. The number of aliphatic hydroxyl groups excluding tert-OH is 1. The largest absolute Gasteiger partial charge is 0.387 e. The fraction of sp³-hybridized carbons (Fsp3) is 0.278. The number of benzene rings is 2. The van der Waals surface area contributed by atoms with Gasteiger partial charge >= 0.3 is 0 Å². The van der Waals surface area contributed by atoms with Crippen molar-refractivity contribution in [2.75, 3.05) is 6.54 Å². The third-order valence-corrected chi connectivity index (χ3v) is 4.18. The molecular weight excluding hydrogens is 317 g/mol. The number of amides is 1. The standard InChI is InChI=1S/C18H19ClFNO2/c1-18(2,12-6-5-7-13(20)10-12)17(23)21-11-16(22)14-8-3-4-9-15(14)19/h3-10,16,22H,11H2,1-2H3,(H,21,23). The maximum atomic E-state index is 13.4. The number of carbonyl (C=O) groups excluding carboxylic acids is 1. The summed E-state index contributed by atoms with van der Waals surface area (Å²) in [4.78, 5) is 12.4. The van der Waals surface area contributed by atoms with E-state index >= 15 is 0 Å². The molecule has 3 nitrogen and oxygen atoms in total. The summed E-state index contributed by atoms with van der Waals surface area (Å²) in [6.45, 7) is 3.44. The van der Waals surface area contributed by atoms with E-state index in [1.54, 1.807) is 50.2 Å². The lowest BCUT2D eigenvalue weighted by Gasteiger charge is -2.25. The Morgan fingerprint density at radius 3 is 2.61 bits per heavy atom. The maximum absolute atomic E-state index is 13.4. The molecule has 2 aromatic rings. The monoisotopic (exact) mass is 335 g/mol. The zero-order valence-corrected chi connectivity index (χ0v) is 13.8. The smallest absolute Gasteiger partial charge is 0.230 e. The summed E-state index contributed by atoms with van der Waals surface area (Å²) in [5, 5.41) is 13.3. The van der Waals surface area contributed by atoms with Gasteiger partial charge in [-0.2, -0.15) is 0 Å². The molecule has 0 aliphatic carbocycles. The number of hydrogen-bond donors (Lipinski definition) is 2. The fourth-order valence-corrected chi connectivity index (χ4v) is 2.54. The zero-order valence-electron chi connectivity index (χ0n) is 13.0. The molecule has 5 heteroatoms. The van der Waals surface area contributed by atoms with Crippen LogP contribution in [0.5, 0.6) is 0 Å². The number of rotatable bonds is 5. The second-order valence-electron chi connectivity index (χ2n) is 5.88. The van der Waals surface area contributed by atoms with Crippen molar-refractivity contribution in [2.24, 2.45) is 0 Å². The van der Waals surface area contributed by atoms with Gasteiger partial charge in [0.1, 0.15) is 5.82 Å². The minimum atomic E-state index is -0.914. The van der Waals surface area contributed by atoms with Gasteiger partial charge in [0.15, 0.2) is 0 Å². The molecule has 0 radical (unpaired) electrons. The Labute approximate surface area is 140 Å². The Hall–Kier alpha value is -1.91. The molecule has 0 spiro atoms. The summed E-state index contributed by atoms with van der Waals surface area (Å²) in [5.41, 5.74) is 0.211. The van der Waals surface area contributed by atoms with E-state index < -0.39 is 11.5 Å². The van der Waals surface area contributed by atoms with E-state index in [1.807, 2.05) is 0 Å². The predicted molar refractivity (Wildman–Crippen MR) is 88.8 cm³/mol. The second-order valence-corrected chi connectivity index (χ2v) is 6.29. The van der Waals surface area contributed by atoms with Crippen molar-refractivity contribution in [3.63, 3.8) is 0 Å². The Morgan fingerprint density at radius 1 is 1.26 bits per heavy atom. The van der Waals surface area contributed by atoms with Gasteiger partial charge < -0.3 is 10.4 Å². The molecule has 0 bridgehead atoms. The average Bonchev–Trinajstić information content (AvgIpc) is 2.52. The molecule has 0 saturated carbocycles. The van der Waals surface area contributed by atoms with Gasteiger partial charge in [-0.1, -0.05) is 41.9 Å². The van der Waals surface area contributed by atoms with Gasteiger partial charge in [0.2, 0.25) is 5.91 Å². The Balaban J connectivity index is 2.05. The third kappa shape index (κ3) is 4.09. The normalized spacial score (nSPS) is 12.7. The lowest BCUT2D eigenvalue weighted by molar-refractivity contribution is -0.126.